The van der Waals surface area contributed by atoms with Crippen molar-refractivity contribution in [2.45, 2.75) is 12.6 Å². The quantitative estimate of drug-likeness (QED) is 0.583. The zero-order valence-electron chi connectivity index (χ0n) is 14.7. The molecule has 8 heteroatoms. The lowest BCUT2D eigenvalue weighted by atomic mass is 10.1. The number of nitro groups is 1. The highest BCUT2D eigenvalue weighted by Crippen LogP contribution is 2.31. The number of alkyl halides is 3. The van der Waals surface area contributed by atoms with E-state index < -0.39 is 16.7 Å². The summed E-state index contributed by atoms with van der Waals surface area (Å²) in [5.41, 5.74) is 1.08. The lowest BCUT2D eigenvalue weighted by Crippen LogP contribution is -2.47. The molecule has 27 heavy (non-hydrogen) atoms. The zero-order valence-corrected chi connectivity index (χ0v) is 14.7. The molecule has 1 aliphatic rings. The highest BCUT2D eigenvalue weighted by Gasteiger charge is 2.31. The predicted molar refractivity (Wildman–Crippen MR) is 96.9 cm³/mol. The summed E-state index contributed by atoms with van der Waals surface area (Å²) >= 11 is 0. The zero-order chi connectivity index (χ0) is 19.4. The van der Waals surface area contributed by atoms with Gasteiger partial charge in [0.25, 0.3) is 5.69 Å². The molecule has 0 aliphatic carbocycles. The van der Waals surface area contributed by atoms with Crippen molar-refractivity contribution in [3.8, 4) is 0 Å². The van der Waals surface area contributed by atoms with Gasteiger partial charge in [-0.25, -0.2) is 0 Å². The number of nitrogens with zero attached hydrogens (tertiary/aromatic N) is 3. The second-order valence-corrected chi connectivity index (χ2v) is 6.55. The van der Waals surface area contributed by atoms with Crippen LogP contribution < -0.4 is 4.90 Å². The van der Waals surface area contributed by atoms with Crippen molar-refractivity contribution in [1.82, 2.24) is 4.90 Å². The summed E-state index contributed by atoms with van der Waals surface area (Å²) in [6.07, 6.45) is -3.55. The molecule has 144 valence electrons. The van der Waals surface area contributed by atoms with E-state index in [2.05, 4.69) is 4.90 Å². The van der Waals surface area contributed by atoms with Crippen LogP contribution in [0.1, 0.15) is 11.1 Å². The fraction of sp³-hybridized carbons (Fsp3) is 0.368. The van der Waals surface area contributed by atoms with Gasteiger partial charge in [-0.2, -0.15) is 13.2 Å². The van der Waals surface area contributed by atoms with E-state index in [-0.39, 0.29) is 5.69 Å². The molecule has 3 rings (SSSR count). The summed E-state index contributed by atoms with van der Waals surface area (Å²) in [4.78, 5) is 14.5. The third-order valence-electron chi connectivity index (χ3n) is 4.77. The Morgan fingerprint density at radius 2 is 1.67 bits per heavy atom. The van der Waals surface area contributed by atoms with E-state index in [0.717, 1.165) is 37.7 Å². The molecule has 2 aromatic carbocycles. The topological polar surface area (TPSA) is 49.6 Å². The van der Waals surface area contributed by atoms with Crippen molar-refractivity contribution in [1.29, 1.82) is 0 Å². The molecule has 0 bridgehead atoms. The van der Waals surface area contributed by atoms with Gasteiger partial charge >= 0.3 is 6.18 Å². The molecule has 0 spiro atoms. The second-order valence-electron chi connectivity index (χ2n) is 6.55. The predicted octanol–water partition coefficient (Wildman–Crippen LogP) is 3.98. The lowest BCUT2D eigenvalue weighted by Gasteiger charge is -2.36. The van der Waals surface area contributed by atoms with E-state index in [1.165, 1.54) is 24.3 Å². The van der Waals surface area contributed by atoms with Crippen molar-refractivity contribution in [2.75, 3.05) is 37.6 Å². The molecular weight excluding hydrogens is 359 g/mol. The number of benzene rings is 2. The van der Waals surface area contributed by atoms with Crippen LogP contribution in [0.5, 0.6) is 0 Å². The van der Waals surface area contributed by atoms with Crippen molar-refractivity contribution in [3.63, 3.8) is 0 Å². The number of hydrogen-bond acceptors (Lipinski definition) is 4. The third-order valence-corrected chi connectivity index (χ3v) is 4.77. The molecular formula is C19H20F3N3O2. The van der Waals surface area contributed by atoms with Crippen LogP contribution >= 0.6 is 0 Å². The van der Waals surface area contributed by atoms with E-state index in [4.69, 9.17) is 0 Å². The van der Waals surface area contributed by atoms with Crippen molar-refractivity contribution in [3.05, 3.63) is 69.8 Å². The molecule has 2 aromatic rings. The number of piperazine rings is 1. The molecule has 0 amide bonds. The van der Waals surface area contributed by atoms with Gasteiger partial charge in [0, 0.05) is 50.5 Å². The van der Waals surface area contributed by atoms with E-state index in [1.807, 2.05) is 4.90 Å². The molecule has 1 fully saturated rings. The highest BCUT2D eigenvalue weighted by atomic mass is 19.4. The van der Waals surface area contributed by atoms with Crippen LogP contribution in [0.2, 0.25) is 0 Å². The van der Waals surface area contributed by atoms with Gasteiger partial charge < -0.3 is 4.90 Å². The largest absolute Gasteiger partial charge is 0.416 e. The van der Waals surface area contributed by atoms with Crippen LogP contribution in [0.3, 0.4) is 0 Å². The summed E-state index contributed by atoms with van der Waals surface area (Å²) in [6.45, 7) is 3.68. The Hall–Kier alpha value is -2.61. The lowest BCUT2D eigenvalue weighted by molar-refractivity contribution is -0.384. The monoisotopic (exact) mass is 379 g/mol. The molecule has 0 atom stereocenters. The van der Waals surface area contributed by atoms with Crippen LogP contribution in [0.15, 0.2) is 48.5 Å². The minimum absolute atomic E-state index is 0.0773. The third kappa shape index (κ3) is 4.97. The van der Waals surface area contributed by atoms with Gasteiger partial charge in [0.2, 0.25) is 0 Å². The normalized spacial score (nSPS) is 15.7. The Morgan fingerprint density at radius 1 is 1.00 bits per heavy atom. The first-order chi connectivity index (χ1) is 12.8. The maximum atomic E-state index is 12.9. The van der Waals surface area contributed by atoms with E-state index in [0.29, 0.717) is 18.8 Å². The smallest absolute Gasteiger partial charge is 0.369 e. The maximum Gasteiger partial charge on any atom is 0.416 e. The summed E-state index contributed by atoms with van der Waals surface area (Å²) in [5, 5.41) is 10.7. The van der Waals surface area contributed by atoms with E-state index in [9.17, 15) is 23.3 Å². The molecule has 1 heterocycles. The molecule has 0 aromatic heterocycles. The number of hydrogen-bond donors (Lipinski definition) is 0. The number of halogens is 3. The average molecular weight is 379 g/mol. The van der Waals surface area contributed by atoms with Crippen molar-refractivity contribution >= 4 is 11.4 Å². The Morgan fingerprint density at radius 3 is 2.26 bits per heavy atom. The van der Waals surface area contributed by atoms with Gasteiger partial charge in [0.05, 0.1) is 10.5 Å². The van der Waals surface area contributed by atoms with Gasteiger partial charge in [0.1, 0.15) is 0 Å². The Kier molecular flexibility index (Phi) is 5.65. The van der Waals surface area contributed by atoms with Crippen LogP contribution in [-0.2, 0) is 12.6 Å². The molecule has 1 aliphatic heterocycles. The van der Waals surface area contributed by atoms with Gasteiger partial charge in [-0.3, -0.25) is 15.0 Å². The molecule has 0 unspecified atom stereocenters. The molecule has 1 saturated heterocycles. The molecule has 0 saturated carbocycles. The fourth-order valence-electron chi connectivity index (χ4n) is 3.18. The SMILES string of the molecule is O=[N+]([O-])c1ccc(CCN2CCN(c3cccc(C(F)(F)F)c3)CC2)cc1. The average Bonchev–Trinajstić information content (AvgIpc) is 2.66. The Bertz CT molecular complexity index is 786. The first-order valence-corrected chi connectivity index (χ1v) is 8.71. The van der Waals surface area contributed by atoms with Crippen molar-refractivity contribution in [2.24, 2.45) is 0 Å². The Balaban J connectivity index is 1.51. The van der Waals surface area contributed by atoms with Gasteiger partial charge in [0.15, 0.2) is 0 Å². The minimum atomic E-state index is -4.33. The molecule has 0 N–H and O–H groups in total. The first kappa shape index (κ1) is 19.2. The summed E-state index contributed by atoms with van der Waals surface area (Å²) in [6, 6.07) is 12.0. The second kappa shape index (κ2) is 7.96. The van der Waals surface area contributed by atoms with Gasteiger partial charge in [-0.15, -0.1) is 0 Å². The van der Waals surface area contributed by atoms with Gasteiger partial charge in [-0.05, 0) is 30.2 Å². The fourth-order valence-corrected chi connectivity index (χ4v) is 3.18. The maximum absolute atomic E-state index is 12.9. The highest BCUT2D eigenvalue weighted by molar-refractivity contribution is 5.49. The number of nitro benzene ring substituents is 1. The van der Waals surface area contributed by atoms with Crippen LogP contribution in [0, 0.1) is 10.1 Å². The van der Waals surface area contributed by atoms with Crippen LogP contribution in [0.25, 0.3) is 0 Å². The standard InChI is InChI=1S/C19H20F3N3O2/c20-19(21,22)16-2-1-3-18(14-16)24-12-10-23(11-13-24)9-8-15-4-6-17(7-5-15)25(26)27/h1-7,14H,8-13H2. The van der Waals surface area contributed by atoms with Crippen LogP contribution in [0.4, 0.5) is 24.5 Å². The van der Waals surface area contributed by atoms with E-state index >= 15 is 0 Å². The molecule has 0 radical (unpaired) electrons. The summed E-state index contributed by atoms with van der Waals surface area (Å²) in [7, 11) is 0. The number of anilines is 1. The first-order valence-electron chi connectivity index (χ1n) is 8.71. The minimum Gasteiger partial charge on any atom is -0.369 e. The van der Waals surface area contributed by atoms with Crippen molar-refractivity contribution < 1.29 is 18.1 Å². The van der Waals surface area contributed by atoms with Gasteiger partial charge in [-0.1, -0.05) is 18.2 Å². The molecule has 5 nitrogen and oxygen atoms in total. The van der Waals surface area contributed by atoms with Crippen LogP contribution in [-0.4, -0.2) is 42.5 Å². The summed E-state index contributed by atoms with van der Waals surface area (Å²) in [5.74, 6) is 0. The summed E-state index contributed by atoms with van der Waals surface area (Å²) < 4.78 is 38.6. The van der Waals surface area contributed by atoms with E-state index in [1.54, 1.807) is 18.2 Å². The number of non-ortho nitro benzene ring substituents is 1. The number of rotatable bonds is 5. The Labute approximate surface area is 155 Å².